The minimum absolute atomic E-state index is 0.00375. The van der Waals surface area contributed by atoms with Gasteiger partial charge >= 0.3 is 11.9 Å². The molecule has 2 atom stereocenters. The standard InChI is InChI=1S/C58H68Cl2N8O13S2/c1-35-49-51(39-11-15-41(59)16-12-39)61-43(33-47(71)73-5)55-65-63-37(3)67(55)57(49)82-53(35)45(69)9-7-19-75-21-23-77-25-27-79-29-31-81-32-30-80-28-26-78-24-22-76-20-8-10-46(70)54-36(2)50-52(40-13-17-42(60)18-14-40)62-44(34-48(72)74-6)56-66-64-38(4)68(56)58(50)83-54/h11-18,43-44H,7-10,19-34H2,1-6H3. The van der Waals surface area contributed by atoms with Crippen LogP contribution in [0.15, 0.2) is 58.5 Å². The predicted molar refractivity (Wildman–Crippen MR) is 313 cm³/mol. The number of methoxy groups -OCH3 is 2. The van der Waals surface area contributed by atoms with Gasteiger partial charge in [-0.3, -0.25) is 38.3 Å². The van der Waals surface area contributed by atoms with Crippen molar-refractivity contribution >= 4 is 80.8 Å². The number of hydrogen-bond donors (Lipinski definition) is 0. The molecular weight excluding hydrogens is 1150 g/mol. The molecule has 8 rings (SSSR count). The first-order chi connectivity index (χ1) is 40.3. The van der Waals surface area contributed by atoms with Gasteiger partial charge in [0, 0.05) is 58.4 Å². The van der Waals surface area contributed by atoms with Gasteiger partial charge < -0.3 is 42.6 Å². The number of aromatic nitrogens is 6. The van der Waals surface area contributed by atoms with Gasteiger partial charge in [0.25, 0.3) is 0 Å². The van der Waals surface area contributed by atoms with Gasteiger partial charge in [-0.05, 0) is 75.9 Å². The smallest absolute Gasteiger partial charge is 0.308 e. The molecule has 21 nitrogen and oxygen atoms in total. The van der Waals surface area contributed by atoms with Crippen LogP contribution in [0.4, 0.5) is 0 Å². The molecule has 6 heterocycles. The van der Waals surface area contributed by atoms with Gasteiger partial charge in [-0.25, -0.2) is 0 Å². The Morgan fingerprint density at radius 2 is 0.783 bits per heavy atom. The number of ether oxygens (including phenoxy) is 9. The minimum atomic E-state index is -0.655. The van der Waals surface area contributed by atoms with Crippen molar-refractivity contribution < 1.29 is 61.8 Å². The highest BCUT2D eigenvalue weighted by atomic mass is 35.5. The molecule has 4 aromatic heterocycles. The number of carbonyl (C=O) groups is 4. The molecular formula is C58H68Cl2N8O13S2. The van der Waals surface area contributed by atoms with E-state index in [0.29, 0.717) is 173 Å². The lowest BCUT2D eigenvalue weighted by Gasteiger charge is -2.12. The van der Waals surface area contributed by atoms with E-state index >= 15 is 0 Å². The second-order valence-electron chi connectivity index (χ2n) is 19.3. The number of fused-ring (bicyclic) bond motifs is 6. The van der Waals surface area contributed by atoms with Gasteiger partial charge in [0.05, 0.1) is 128 Å². The van der Waals surface area contributed by atoms with Crippen LogP contribution >= 0.6 is 45.9 Å². The minimum Gasteiger partial charge on any atom is -0.469 e. The van der Waals surface area contributed by atoms with Crippen LogP contribution in [0.3, 0.4) is 0 Å². The van der Waals surface area contributed by atoms with Crippen LogP contribution in [-0.4, -0.2) is 171 Å². The number of rotatable bonds is 34. The molecule has 2 aliphatic rings. The fraction of sp³-hybridized carbons (Fsp3) is 0.483. The number of aryl methyl sites for hydroxylation is 2. The molecule has 0 amide bonds. The molecule has 0 saturated heterocycles. The third kappa shape index (κ3) is 16.3. The van der Waals surface area contributed by atoms with E-state index in [4.69, 9.17) is 75.8 Å². The van der Waals surface area contributed by atoms with E-state index in [1.165, 1.54) is 36.9 Å². The zero-order valence-corrected chi connectivity index (χ0v) is 50.5. The Balaban J connectivity index is 0.634. The summed E-state index contributed by atoms with van der Waals surface area (Å²) in [5, 5.41) is 20.1. The molecule has 0 saturated carbocycles. The second kappa shape index (κ2) is 31.3. The third-order valence-corrected chi connectivity index (χ3v) is 16.7. The molecule has 25 heteroatoms. The molecule has 0 fully saturated rings. The van der Waals surface area contributed by atoms with E-state index in [9.17, 15) is 19.2 Å². The molecule has 0 bridgehead atoms. The van der Waals surface area contributed by atoms with Crippen molar-refractivity contribution in [3.8, 4) is 10.0 Å². The maximum atomic E-state index is 13.7. The summed E-state index contributed by atoms with van der Waals surface area (Å²) in [5.41, 5.74) is 6.02. The highest BCUT2D eigenvalue weighted by Gasteiger charge is 2.36. The van der Waals surface area contributed by atoms with Crippen LogP contribution in [-0.2, 0) is 52.2 Å². The molecule has 2 aliphatic heterocycles. The van der Waals surface area contributed by atoms with Crippen molar-refractivity contribution in [2.75, 3.05) is 107 Å². The van der Waals surface area contributed by atoms with Crippen LogP contribution in [0, 0.1) is 27.7 Å². The number of Topliss-reactive ketones (excluding diaryl/α,β-unsaturated/α-hetero) is 2. The monoisotopic (exact) mass is 1220 g/mol. The van der Waals surface area contributed by atoms with E-state index < -0.39 is 24.0 Å². The largest absolute Gasteiger partial charge is 0.469 e. The number of nitrogens with zero attached hydrogens (tertiary/aromatic N) is 8. The molecule has 0 aliphatic carbocycles. The summed E-state index contributed by atoms with van der Waals surface area (Å²) in [7, 11) is 2.68. The van der Waals surface area contributed by atoms with Gasteiger partial charge in [0.2, 0.25) is 0 Å². The molecule has 0 radical (unpaired) electrons. The SMILES string of the molecule is COC(=O)CC1N=C(c2ccc(Cl)cc2)c2c(sc(C(=O)CCCOCCOCCOCCOCCOCCOCCOCCCC(=O)c3sc4c(c3C)C(c3ccc(Cl)cc3)=NC(CC(=O)OC)c3nnc(C)n3-4)c2C)-n2c(C)nnc21. The molecule has 2 unspecified atom stereocenters. The molecule has 83 heavy (non-hydrogen) atoms. The Morgan fingerprint density at radius 3 is 1.10 bits per heavy atom. The lowest BCUT2D eigenvalue weighted by molar-refractivity contribution is -0.142. The molecule has 6 aromatic rings. The van der Waals surface area contributed by atoms with Crippen molar-refractivity contribution in [2.24, 2.45) is 9.98 Å². The quantitative estimate of drug-likeness (QED) is 0.0208. The number of esters is 2. The van der Waals surface area contributed by atoms with E-state index in [0.717, 1.165) is 43.4 Å². The Labute approximate surface area is 499 Å². The first-order valence-electron chi connectivity index (χ1n) is 27.3. The Kier molecular flexibility index (Phi) is 23.8. The first kappa shape index (κ1) is 63.1. The summed E-state index contributed by atoms with van der Waals surface area (Å²) in [6.45, 7) is 13.2. The van der Waals surface area contributed by atoms with E-state index in [-0.39, 0.29) is 24.4 Å². The van der Waals surface area contributed by atoms with Crippen molar-refractivity contribution in [3.63, 3.8) is 0 Å². The highest BCUT2D eigenvalue weighted by Crippen LogP contribution is 2.42. The number of benzene rings is 2. The summed E-state index contributed by atoms with van der Waals surface area (Å²) in [6, 6.07) is 13.3. The van der Waals surface area contributed by atoms with Crippen molar-refractivity contribution in [1.29, 1.82) is 0 Å². The van der Waals surface area contributed by atoms with E-state index in [2.05, 4.69) is 20.4 Å². The normalized spacial score (nSPS) is 14.5. The number of hydrogen-bond acceptors (Lipinski definition) is 21. The first-order valence-corrected chi connectivity index (χ1v) is 29.7. The van der Waals surface area contributed by atoms with Gasteiger partial charge in [-0.2, -0.15) is 0 Å². The fourth-order valence-electron chi connectivity index (χ4n) is 9.38. The zero-order valence-electron chi connectivity index (χ0n) is 47.4. The van der Waals surface area contributed by atoms with Crippen LogP contribution < -0.4 is 0 Å². The van der Waals surface area contributed by atoms with Crippen LogP contribution in [0.1, 0.15) is 127 Å². The van der Waals surface area contributed by atoms with Crippen molar-refractivity contribution in [2.45, 2.75) is 78.3 Å². The predicted octanol–water partition coefficient (Wildman–Crippen LogP) is 9.16. The van der Waals surface area contributed by atoms with Gasteiger partial charge in [0.1, 0.15) is 33.7 Å². The van der Waals surface area contributed by atoms with Gasteiger partial charge in [0.15, 0.2) is 23.2 Å². The van der Waals surface area contributed by atoms with Crippen LogP contribution in [0.5, 0.6) is 0 Å². The molecule has 0 N–H and O–H groups in total. The molecule has 0 spiro atoms. The average molecular weight is 1220 g/mol. The molecule has 2 aromatic carbocycles. The van der Waals surface area contributed by atoms with E-state index in [1.54, 1.807) is 24.3 Å². The Bertz CT molecular complexity index is 3030. The number of thiophene rings is 2. The van der Waals surface area contributed by atoms with Crippen molar-refractivity contribution in [1.82, 2.24) is 29.5 Å². The van der Waals surface area contributed by atoms with Gasteiger partial charge in [-0.1, -0.05) is 47.5 Å². The number of ketones is 2. The zero-order chi connectivity index (χ0) is 58.8. The molecule has 444 valence electrons. The summed E-state index contributed by atoms with van der Waals surface area (Å²) in [5.74, 6) is 1.37. The Hall–Kier alpha value is -5.96. The van der Waals surface area contributed by atoms with Gasteiger partial charge in [-0.15, -0.1) is 43.1 Å². The summed E-state index contributed by atoms with van der Waals surface area (Å²) in [4.78, 5) is 63.8. The van der Waals surface area contributed by atoms with Crippen LogP contribution in [0.25, 0.3) is 10.0 Å². The Morgan fingerprint density at radius 1 is 0.470 bits per heavy atom. The topological polar surface area (TPSA) is 237 Å². The number of halogens is 2. The summed E-state index contributed by atoms with van der Waals surface area (Å²) in [6.07, 6.45) is 1.61. The van der Waals surface area contributed by atoms with Crippen LogP contribution in [0.2, 0.25) is 10.0 Å². The maximum absolute atomic E-state index is 13.7. The fourth-order valence-corrected chi connectivity index (χ4v) is 12.3. The second-order valence-corrected chi connectivity index (χ2v) is 22.1. The number of carbonyl (C=O) groups excluding carboxylic acids is 4. The van der Waals surface area contributed by atoms with Crippen molar-refractivity contribution in [3.05, 3.63) is 125 Å². The summed E-state index contributed by atoms with van der Waals surface area (Å²) < 4.78 is 53.4. The highest BCUT2D eigenvalue weighted by molar-refractivity contribution is 7.17. The third-order valence-electron chi connectivity index (χ3n) is 13.5. The lowest BCUT2D eigenvalue weighted by atomic mass is 9.98. The average Bonchev–Trinajstić information content (AvgIpc) is 3.43. The summed E-state index contributed by atoms with van der Waals surface area (Å²) >= 11 is 15.2. The van der Waals surface area contributed by atoms with E-state index in [1.807, 2.05) is 61.1 Å². The maximum Gasteiger partial charge on any atom is 0.308 e. The number of aliphatic imine (C=N–C) groups is 2. The lowest BCUT2D eigenvalue weighted by Crippen LogP contribution is -2.14.